The van der Waals surface area contributed by atoms with Crippen LogP contribution in [0.5, 0.6) is 5.75 Å². The molecule has 0 saturated heterocycles. The number of carbonyl (C=O) groups is 2. The maximum atomic E-state index is 13.1. The van der Waals surface area contributed by atoms with Crippen molar-refractivity contribution in [2.24, 2.45) is 5.10 Å². The molecule has 0 bridgehead atoms. The minimum atomic E-state index is -4.09. The van der Waals surface area contributed by atoms with Gasteiger partial charge in [-0.1, -0.05) is 29.3 Å². The molecular formula is C22H20ClN3O6S. The van der Waals surface area contributed by atoms with E-state index in [0.29, 0.717) is 0 Å². The van der Waals surface area contributed by atoms with Gasteiger partial charge in [-0.15, -0.1) is 0 Å². The molecule has 33 heavy (non-hydrogen) atoms. The summed E-state index contributed by atoms with van der Waals surface area (Å²) < 4.78 is 32.0. The van der Waals surface area contributed by atoms with E-state index in [-0.39, 0.29) is 39.1 Å². The molecule has 0 radical (unpaired) electrons. The van der Waals surface area contributed by atoms with Crippen LogP contribution in [-0.2, 0) is 14.8 Å². The highest BCUT2D eigenvalue weighted by molar-refractivity contribution is 7.90. The van der Waals surface area contributed by atoms with E-state index in [4.69, 9.17) is 16.3 Å². The number of aromatic hydroxyl groups is 1. The van der Waals surface area contributed by atoms with Gasteiger partial charge in [0.1, 0.15) is 11.4 Å². The van der Waals surface area contributed by atoms with Gasteiger partial charge in [0.05, 0.1) is 22.7 Å². The number of hydrogen-bond acceptors (Lipinski definition) is 7. The van der Waals surface area contributed by atoms with Gasteiger partial charge in [-0.2, -0.15) is 5.10 Å². The molecule has 0 spiro atoms. The number of carbonyl (C=O) groups excluding carboxylic acids is 2. The van der Waals surface area contributed by atoms with E-state index in [1.54, 1.807) is 19.1 Å². The molecule has 2 N–H and O–H groups in total. The van der Waals surface area contributed by atoms with Gasteiger partial charge in [0.15, 0.2) is 0 Å². The van der Waals surface area contributed by atoms with Gasteiger partial charge < -0.3 is 9.84 Å². The first kappa shape index (κ1) is 24.0. The number of nitrogens with one attached hydrogen (secondary N) is 1. The van der Waals surface area contributed by atoms with Crippen LogP contribution < -0.4 is 5.43 Å². The Morgan fingerprint density at radius 2 is 1.88 bits per heavy atom. The summed E-state index contributed by atoms with van der Waals surface area (Å²) in [6, 6.07) is 11.4. The fourth-order valence-corrected chi connectivity index (χ4v) is 4.32. The summed E-state index contributed by atoms with van der Waals surface area (Å²) in [5, 5.41) is 13.3. The Kier molecular flexibility index (Phi) is 7.19. The second kappa shape index (κ2) is 9.88. The highest BCUT2D eigenvalue weighted by Gasteiger charge is 2.25. The molecule has 11 heteroatoms. The third-order valence-corrected chi connectivity index (χ3v) is 6.45. The van der Waals surface area contributed by atoms with E-state index in [9.17, 15) is 23.1 Å². The van der Waals surface area contributed by atoms with E-state index in [0.717, 1.165) is 9.54 Å². The number of ether oxygens (including phenoxy) is 1. The van der Waals surface area contributed by atoms with Crippen molar-refractivity contribution in [1.82, 2.24) is 9.40 Å². The maximum Gasteiger partial charge on any atom is 0.356 e. The molecule has 0 aliphatic rings. The summed E-state index contributed by atoms with van der Waals surface area (Å²) in [5.41, 5.74) is 3.33. The third-order valence-electron chi connectivity index (χ3n) is 4.46. The molecule has 0 fully saturated rings. The van der Waals surface area contributed by atoms with E-state index in [1.807, 2.05) is 6.92 Å². The Bertz CT molecular complexity index is 1330. The van der Waals surface area contributed by atoms with Crippen LogP contribution in [0.1, 0.15) is 38.9 Å². The minimum absolute atomic E-state index is 0.00379. The lowest BCUT2D eigenvalue weighted by Crippen LogP contribution is -2.19. The number of aromatic nitrogens is 1. The van der Waals surface area contributed by atoms with Crippen LogP contribution in [0.2, 0.25) is 5.02 Å². The summed E-state index contributed by atoms with van der Waals surface area (Å²) in [6.45, 7) is 3.49. The van der Waals surface area contributed by atoms with Crippen LogP contribution in [0, 0.1) is 6.92 Å². The van der Waals surface area contributed by atoms with Crippen molar-refractivity contribution in [1.29, 1.82) is 0 Å². The maximum absolute atomic E-state index is 13.1. The summed E-state index contributed by atoms with van der Waals surface area (Å²) in [6.07, 6.45) is 2.39. The second-order valence-corrected chi connectivity index (χ2v) is 9.08. The van der Waals surface area contributed by atoms with Crippen molar-refractivity contribution in [3.8, 4) is 5.75 Å². The summed E-state index contributed by atoms with van der Waals surface area (Å²) >= 11 is 5.79. The molecule has 3 aromatic rings. The third kappa shape index (κ3) is 5.41. The fourth-order valence-electron chi connectivity index (χ4n) is 2.79. The number of hydrazone groups is 1. The van der Waals surface area contributed by atoms with Crippen molar-refractivity contribution in [2.45, 2.75) is 18.7 Å². The molecule has 172 valence electrons. The molecule has 9 nitrogen and oxygen atoms in total. The molecule has 3 rings (SSSR count). The Hall–Kier alpha value is -3.63. The number of hydrogen-bond donors (Lipinski definition) is 2. The van der Waals surface area contributed by atoms with Crippen molar-refractivity contribution in [2.75, 3.05) is 6.61 Å². The first-order chi connectivity index (χ1) is 15.6. The van der Waals surface area contributed by atoms with E-state index in [1.165, 1.54) is 48.8 Å². The SMILES string of the molecule is CCOC(=O)c1cc(C=NNC(=O)c2ccc(O)c(Cl)c2)cn1S(=O)(=O)c1ccc(C)cc1. The van der Waals surface area contributed by atoms with Crippen molar-refractivity contribution in [3.63, 3.8) is 0 Å². The number of esters is 1. The second-order valence-electron chi connectivity index (χ2n) is 6.86. The summed E-state index contributed by atoms with van der Waals surface area (Å²) in [4.78, 5) is 24.6. The van der Waals surface area contributed by atoms with Crippen LogP contribution in [0.4, 0.5) is 0 Å². The van der Waals surface area contributed by atoms with Gasteiger partial charge in [0.25, 0.3) is 15.9 Å². The van der Waals surface area contributed by atoms with Crippen molar-refractivity contribution < 1.29 is 27.9 Å². The fraction of sp³-hybridized carbons (Fsp3) is 0.136. The average Bonchev–Trinajstić information content (AvgIpc) is 3.21. The van der Waals surface area contributed by atoms with E-state index in [2.05, 4.69) is 10.5 Å². The molecule has 1 aromatic heterocycles. The lowest BCUT2D eigenvalue weighted by atomic mass is 10.2. The molecule has 1 heterocycles. The molecule has 0 aliphatic heterocycles. The van der Waals surface area contributed by atoms with E-state index >= 15 is 0 Å². The topological polar surface area (TPSA) is 127 Å². The molecule has 0 unspecified atom stereocenters. The van der Waals surface area contributed by atoms with Gasteiger partial charge >= 0.3 is 5.97 Å². The minimum Gasteiger partial charge on any atom is -0.506 e. The lowest BCUT2D eigenvalue weighted by molar-refractivity contribution is 0.0518. The Morgan fingerprint density at radius 3 is 2.52 bits per heavy atom. The molecular weight excluding hydrogens is 470 g/mol. The zero-order valence-corrected chi connectivity index (χ0v) is 19.2. The van der Waals surface area contributed by atoms with Gasteiger partial charge in [0, 0.05) is 17.3 Å². The Balaban J connectivity index is 1.90. The zero-order valence-electron chi connectivity index (χ0n) is 17.6. The predicted octanol–water partition coefficient (Wildman–Crippen LogP) is 3.33. The zero-order chi connectivity index (χ0) is 24.2. The smallest absolute Gasteiger partial charge is 0.356 e. The van der Waals surface area contributed by atoms with Crippen molar-refractivity contribution >= 4 is 39.7 Å². The first-order valence-electron chi connectivity index (χ1n) is 9.67. The number of aryl methyl sites for hydroxylation is 1. The average molecular weight is 490 g/mol. The lowest BCUT2D eigenvalue weighted by Gasteiger charge is -2.10. The number of benzene rings is 2. The largest absolute Gasteiger partial charge is 0.506 e. The monoisotopic (exact) mass is 489 g/mol. The Labute approximate surface area is 195 Å². The van der Waals surface area contributed by atoms with Gasteiger partial charge in [-0.3, -0.25) is 4.79 Å². The van der Waals surface area contributed by atoms with Crippen molar-refractivity contribution in [3.05, 3.63) is 82.1 Å². The predicted molar refractivity (Wildman–Crippen MR) is 122 cm³/mol. The quantitative estimate of drug-likeness (QED) is 0.298. The number of phenols is 1. The first-order valence-corrected chi connectivity index (χ1v) is 11.5. The normalized spacial score (nSPS) is 11.5. The molecule has 1 amide bonds. The van der Waals surface area contributed by atoms with Gasteiger partial charge in [-0.25, -0.2) is 22.6 Å². The number of nitrogens with zero attached hydrogens (tertiary/aromatic N) is 2. The molecule has 0 aliphatic carbocycles. The number of halogens is 1. The standard InChI is InChI=1S/C22H20ClN3O6S/c1-3-32-22(29)19-10-15(12-24-25-21(28)16-6-9-20(27)18(23)11-16)13-26(19)33(30,31)17-7-4-14(2)5-8-17/h4-13,27H,3H2,1-2H3,(H,25,28). The van der Waals surface area contributed by atoms with Gasteiger partial charge in [0.2, 0.25) is 0 Å². The van der Waals surface area contributed by atoms with Crippen LogP contribution in [-0.4, -0.2) is 42.2 Å². The summed E-state index contributed by atoms with van der Waals surface area (Å²) in [7, 11) is -4.09. The number of amides is 1. The number of phenolic OH excluding ortho intramolecular Hbond substituents is 1. The highest BCUT2D eigenvalue weighted by Crippen LogP contribution is 2.23. The van der Waals surface area contributed by atoms with Crippen LogP contribution in [0.15, 0.2) is 64.7 Å². The highest BCUT2D eigenvalue weighted by atomic mass is 35.5. The van der Waals surface area contributed by atoms with Crippen LogP contribution >= 0.6 is 11.6 Å². The molecule has 0 atom stereocenters. The molecule has 0 saturated carbocycles. The van der Waals surface area contributed by atoms with Crippen LogP contribution in [0.3, 0.4) is 0 Å². The Morgan fingerprint density at radius 1 is 1.18 bits per heavy atom. The van der Waals surface area contributed by atoms with Crippen LogP contribution in [0.25, 0.3) is 0 Å². The van der Waals surface area contributed by atoms with E-state index < -0.39 is 21.9 Å². The van der Waals surface area contributed by atoms with Gasteiger partial charge in [-0.05, 0) is 50.2 Å². The summed E-state index contributed by atoms with van der Waals surface area (Å²) in [5.74, 6) is -1.60. The number of rotatable bonds is 7. The molecule has 2 aromatic carbocycles.